The van der Waals surface area contributed by atoms with Gasteiger partial charge in [-0.05, 0) is 26.0 Å². The van der Waals surface area contributed by atoms with E-state index in [0.29, 0.717) is 24.5 Å². The van der Waals surface area contributed by atoms with Crippen molar-refractivity contribution in [2.45, 2.75) is 25.9 Å². The molecule has 1 aromatic rings. The summed E-state index contributed by atoms with van der Waals surface area (Å²) in [5, 5.41) is 9.17. The average Bonchev–Trinajstić information content (AvgIpc) is 2.39. The van der Waals surface area contributed by atoms with Gasteiger partial charge >= 0.3 is 5.97 Å². The molecular formula is C14H19ClO5. The maximum Gasteiger partial charge on any atom is 0.335 e. The number of rotatable bonds is 7. The van der Waals surface area contributed by atoms with Crippen LogP contribution in [0, 0.1) is 0 Å². The van der Waals surface area contributed by atoms with E-state index in [4.69, 9.17) is 30.9 Å². The molecule has 6 heteroatoms. The highest BCUT2D eigenvalue weighted by Gasteiger charge is 2.19. The van der Waals surface area contributed by atoms with Crippen LogP contribution in [0.3, 0.4) is 0 Å². The molecule has 0 saturated carbocycles. The Morgan fingerprint density at radius 1 is 1.35 bits per heavy atom. The lowest BCUT2D eigenvalue weighted by molar-refractivity contribution is 0.00526. The highest BCUT2D eigenvalue weighted by molar-refractivity contribution is 6.32. The van der Waals surface area contributed by atoms with Gasteiger partial charge in [0.25, 0.3) is 0 Å². The number of aromatic carboxylic acids is 1. The van der Waals surface area contributed by atoms with Crippen LogP contribution in [0.2, 0.25) is 5.02 Å². The monoisotopic (exact) mass is 302 g/mol. The zero-order chi connectivity index (χ0) is 15.3. The average molecular weight is 303 g/mol. The Hall–Kier alpha value is -1.46. The first kappa shape index (κ1) is 16.6. The van der Waals surface area contributed by atoms with Gasteiger partial charge in [-0.1, -0.05) is 11.6 Å². The summed E-state index contributed by atoms with van der Waals surface area (Å²) >= 11 is 6.04. The Morgan fingerprint density at radius 2 is 2.00 bits per heavy atom. The summed E-state index contributed by atoms with van der Waals surface area (Å²) in [7, 11) is 3.07. The number of ether oxygens (including phenoxy) is 3. The van der Waals surface area contributed by atoms with Gasteiger partial charge in [-0.2, -0.15) is 0 Å². The first-order valence-corrected chi connectivity index (χ1v) is 6.47. The SMILES string of the molecule is COc1cc(C(=O)O)cc(Cl)c1OCCC(C)(C)OC. The molecule has 1 rings (SSSR count). The van der Waals surface area contributed by atoms with Crippen LogP contribution < -0.4 is 9.47 Å². The predicted octanol–water partition coefficient (Wildman–Crippen LogP) is 3.24. The molecule has 1 aromatic carbocycles. The van der Waals surface area contributed by atoms with Crippen molar-refractivity contribution in [3.63, 3.8) is 0 Å². The lowest BCUT2D eigenvalue weighted by Gasteiger charge is -2.23. The summed E-state index contributed by atoms with van der Waals surface area (Å²) in [6.07, 6.45) is 0.656. The van der Waals surface area contributed by atoms with Crippen molar-refractivity contribution in [2.75, 3.05) is 20.8 Å². The standard InChI is InChI=1S/C14H19ClO5/c1-14(2,19-4)5-6-20-12-10(15)7-9(13(16)17)8-11(12)18-3/h7-8H,5-6H2,1-4H3,(H,16,17). The van der Waals surface area contributed by atoms with E-state index in [2.05, 4.69) is 0 Å². The topological polar surface area (TPSA) is 65.0 Å². The molecule has 0 atom stereocenters. The summed E-state index contributed by atoms with van der Waals surface area (Å²) in [4.78, 5) is 10.9. The molecule has 0 aliphatic rings. The van der Waals surface area contributed by atoms with E-state index < -0.39 is 5.97 Å². The van der Waals surface area contributed by atoms with Gasteiger partial charge in [0.15, 0.2) is 11.5 Å². The molecule has 0 aliphatic heterocycles. The van der Waals surface area contributed by atoms with E-state index in [1.54, 1.807) is 7.11 Å². The van der Waals surface area contributed by atoms with Crippen molar-refractivity contribution in [1.82, 2.24) is 0 Å². The minimum atomic E-state index is -1.07. The van der Waals surface area contributed by atoms with Crippen molar-refractivity contribution in [2.24, 2.45) is 0 Å². The maximum absolute atomic E-state index is 10.9. The molecule has 0 spiro atoms. The minimum Gasteiger partial charge on any atom is -0.493 e. The van der Waals surface area contributed by atoms with Gasteiger partial charge in [0, 0.05) is 13.5 Å². The molecule has 0 bridgehead atoms. The van der Waals surface area contributed by atoms with Crippen LogP contribution in [0.5, 0.6) is 11.5 Å². The third-order valence-corrected chi connectivity index (χ3v) is 3.26. The van der Waals surface area contributed by atoms with Crippen molar-refractivity contribution >= 4 is 17.6 Å². The van der Waals surface area contributed by atoms with Gasteiger partial charge in [-0.15, -0.1) is 0 Å². The van der Waals surface area contributed by atoms with E-state index in [9.17, 15) is 4.79 Å². The highest BCUT2D eigenvalue weighted by Crippen LogP contribution is 2.36. The number of halogens is 1. The molecule has 0 heterocycles. The largest absolute Gasteiger partial charge is 0.493 e. The summed E-state index contributed by atoms with van der Waals surface area (Å²) < 4.78 is 16.0. The van der Waals surface area contributed by atoms with E-state index >= 15 is 0 Å². The first-order valence-electron chi connectivity index (χ1n) is 6.09. The number of carbonyl (C=O) groups is 1. The number of benzene rings is 1. The van der Waals surface area contributed by atoms with Crippen LogP contribution in [0.25, 0.3) is 0 Å². The van der Waals surface area contributed by atoms with Gasteiger partial charge in [0.1, 0.15) is 0 Å². The maximum atomic E-state index is 10.9. The van der Waals surface area contributed by atoms with Crippen LogP contribution in [-0.2, 0) is 4.74 Å². The predicted molar refractivity (Wildman–Crippen MR) is 76.2 cm³/mol. The van der Waals surface area contributed by atoms with Crippen molar-refractivity contribution in [3.05, 3.63) is 22.7 Å². The van der Waals surface area contributed by atoms with Gasteiger partial charge in [-0.25, -0.2) is 4.79 Å². The summed E-state index contributed by atoms with van der Waals surface area (Å²) in [5.74, 6) is -0.437. The lowest BCUT2D eigenvalue weighted by Crippen LogP contribution is -2.25. The van der Waals surface area contributed by atoms with E-state index in [-0.39, 0.29) is 16.2 Å². The molecule has 20 heavy (non-hydrogen) atoms. The van der Waals surface area contributed by atoms with Crippen LogP contribution in [-0.4, -0.2) is 37.5 Å². The van der Waals surface area contributed by atoms with Gasteiger partial charge < -0.3 is 19.3 Å². The van der Waals surface area contributed by atoms with Gasteiger partial charge in [-0.3, -0.25) is 0 Å². The normalized spacial score (nSPS) is 11.2. The molecule has 5 nitrogen and oxygen atoms in total. The molecule has 0 saturated heterocycles. The van der Waals surface area contributed by atoms with E-state index in [0.717, 1.165) is 0 Å². The van der Waals surface area contributed by atoms with Crippen molar-refractivity contribution in [3.8, 4) is 11.5 Å². The smallest absolute Gasteiger partial charge is 0.335 e. The van der Waals surface area contributed by atoms with Gasteiger partial charge in [0.2, 0.25) is 0 Å². The molecule has 1 N–H and O–H groups in total. The molecular weight excluding hydrogens is 284 g/mol. The van der Waals surface area contributed by atoms with E-state index in [1.807, 2.05) is 13.8 Å². The first-order chi connectivity index (χ1) is 9.30. The lowest BCUT2D eigenvalue weighted by atomic mass is 10.1. The second-order valence-electron chi connectivity index (χ2n) is 4.86. The third-order valence-electron chi connectivity index (χ3n) is 2.98. The molecule has 0 amide bonds. The second kappa shape index (κ2) is 6.81. The van der Waals surface area contributed by atoms with Crippen LogP contribution >= 0.6 is 11.6 Å². The molecule has 0 unspecified atom stereocenters. The summed E-state index contributed by atoms with van der Waals surface area (Å²) in [6.45, 7) is 4.27. The minimum absolute atomic E-state index is 0.0522. The summed E-state index contributed by atoms with van der Waals surface area (Å²) in [6, 6.07) is 2.72. The number of methoxy groups -OCH3 is 2. The molecule has 0 aliphatic carbocycles. The molecule has 0 aromatic heterocycles. The Labute approximate surface area is 123 Å². The fourth-order valence-corrected chi connectivity index (χ4v) is 1.75. The van der Waals surface area contributed by atoms with E-state index in [1.165, 1.54) is 19.2 Å². The van der Waals surface area contributed by atoms with Crippen LogP contribution in [0.15, 0.2) is 12.1 Å². The third kappa shape index (κ3) is 4.28. The highest BCUT2D eigenvalue weighted by atomic mass is 35.5. The van der Waals surface area contributed by atoms with Crippen LogP contribution in [0.4, 0.5) is 0 Å². The van der Waals surface area contributed by atoms with Crippen LogP contribution in [0.1, 0.15) is 30.6 Å². The molecule has 0 radical (unpaired) electrons. The number of carboxylic acid groups (broad SMARTS) is 1. The quantitative estimate of drug-likeness (QED) is 0.837. The fourth-order valence-electron chi connectivity index (χ4n) is 1.48. The van der Waals surface area contributed by atoms with Crippen molar-refractivity contribution in [1.29, 1.82) is 0 Å². The number of hydrogen-bond donors (Lipinski definition) is 1. The summed E-state index contributed by atoms with van der Waals surface area (Å²) in [5.41, 5.74) is -0.253. The Morgan fingerprint density at radius 3 is 2.50 bits per heavy atom. The zero-order valence-corrected chi connectivity index (χ0v) is 12.8. The molecule has 112 valence electrons. The number of hydrogen-bond acceptors (Lipinski definition) is 4. The zero-order valence-electron chi connectivity index (χ0n) is 12.0. The Bertz CT molecular complexity index is 485. The number of carboxylic acids is 1. The molecule has 0 fully saturated rings. The van der Waals surface area contributed by atoms with Crippen molar-refractivity contribution < 1.29 is 24.1 Å². The van der Waals surface area contributed by atoms with Gasteiger partial charge in [0.05, 0.1) is 29.9 Å². The Kier molecular flexibility index (Phi) is 5.65. The fraction of sp³-hybridized carbons (Fsp3) is 0.500. The second-order valence-corrected chi connectivity index (χ2v) is 5.26. The Balaban J connectivity index is 2.87.